The van der Waals surface area contributed by atoms with Crippen molar-refractivity contribution in [3.63, 3.8) is 0 Å². The van der Waals surface area contributed by atoms with Crippen molar-refractivity contribution in [1.82, 2.24) is 15.1 Å². The van der Waals surface area contributed by atoms with E-state index in [0.29, 0.717) is 19.7 Å². The Kier molecular flexibility index (Phi) is 10.1. The second kappa shape index (κ2) is 13.5. The number of carbonyl (C=O) groups excluding carboxylic acids is 2. The summed E-state index contributed by atoms with van der Waals surface area (Å²) in [5.41, 5.74) is 2.51. The highest BCUT2D eigenvalue weighted by atomic mass is 35.5. The molecule has 2 amide bonds. The highest BCUT2D eigenvalue weighted by Gasteiger charge is 2.37. The number of benzene rings is 2. The second-order valence-corrected chi connectivity index (χ2v) is 11.5. The van der Waals surface area contributed by atoms with Crippen molar-refractivity contribution >= 4 is 29.1 Å². The molecule has 2 aromatic carbocycles. The lowest BCUT2D eigenvalue weighted by molar-refractivity contribution is -0.134. The van der Waals surface area contributed by atoms with Crippen molar-refractivity contribution < 1.29 is 14.3 Å². The first-order valence-electron chi connectivity index (χ1n) is 14.2. The van der Waals surface area contributed by atoms with Crippen LogP contribution in [0.25, 0.3) is 0 Å². The lowest BCUT2D eigenvalue weighted by atomic mass is 9.75. The van der Waals surface area contributed by atoms with Gasteiger partial charge in [0.1, 0.15) is 5.75 Å². The number of hydrogen-bond acceptors (Lipinski definition) is 5. The predicted molar refractivity (Wildman–Crippen MR) is 158 cm³/mol. The van der Waals surface area contributed by atoms with Crippen molar-refractivity contribution in [1.29, 1.82) is 0 Å². The van der Waals surface area contributed by atoms with E-state index in [0.717, 1.165) is 61.7 Å². The van der Waals surface area contributed by atoms with Gasteiger partial charge in [-0.1, -0.05) is 23.7 Å². The number of carbonyl (C=O) groups is 2. The summed E-state index contributed by atoms with van der Waals surface area (Å²) in [7, 11) is 4.30. The Bertz CT molecular complexity index is 1070. The molecule has 0 aromatic heterocycles. The summed E-state index contributed by atoms with van der Waals surface area (Å²) in [6.45, 7) is 5.56. The van der Waals surface area contributed by atoms with E-state index in [1.54, 1.807) is 0 Å². The number of amides is 2. The van der Waals surface area contributed by atoms with Gasteiger partial charge in [0.2, 0.25) is 11.8 Å². The maximum absolute atomic E-state index is 12.8. The summed E-state index contributed by atoms with van der Waals surface area (Å²) in [4.78, 5) is 32.0. The molecule has 0 spiro atoms. The van der Waals surface area contributed by atoms with Crippen LogP contribution in [0.3, 0.4) is 0 Å². The zero-order valence-electron chi connectivity index (χ0n) is 23.6. The quantitative estimate of drug-likeness (QED) is 0.458. The average Bonchev–Trinajstić information content (AvgIpc) is 2.95. The van der Waals surface area contributed by atoms with E-state index in [-0.39, 0.29) is 36.2 Å². The Hall–Kier alpha value is -2.77. The van der Waals surface area contributed by atoms with Gasteiger partial charge in [0.25, 0.3) is 0 Å². The van der Waals surface area contributed by atoms with Gasteiger partial charge in [-0.2, -0.15) is 0 Å². The molecule has 1 saturated carbocycles. The minimum absolute atomic E-state index is 0.0172. The fourth-order valence-electron chi connectivity index (χ4n) is 5.88. The van der Waals surface area contributed by atoms with Crippen LogP contribution < -0.4 is 15.0 Å². The van der Waals surface area contributed by atoms with Gasteiger partial charge < -0.3 is 24.8 Å². The minimum Gasteiger partial charge on any atom is -0.494 e. The molecule has 7 nitrogen and oxygen atoms in total. The van der Waals surface area contributed by atoms with Gasteiger partial charge in [0, 0.05) is 61.3 Å². The molecule has 39 heavy (non-hydrogen) atoms. The van der Waals surface area contributed by atoms with E-state index in [9.17, 15) is 9.59 Å². The number of anilines is 1. The van der Waals surface area contributed by atoms with Crippen LogP contribution in [0.15, 0.2) is 48.5 Å². The highest BCUT2D eigenvalue weighted by Crippen LogP contribution is 2.35. The predicted octanol–water partition coefficient (Wildman–Crippen LogP) is 4.77. The number of nitrogens with one attached hydrogen (secondary N) is 1. The van der Waals surface area contributed by atoms with Crippen molar-refractivity contribution in [3.8, 4) is 5.75 Å². The van der Waals surface area contributed by atoms with Crippen molar-refractivity contribution in [2.75, 3.05) is 51.8 Å². The lowest BCUT2D eigenvalue weighted by Gasteiger charge is -2.45. The SMILES string of the molecule is CCOc1ccc(N2CCN(C(=O)CCC(=O)NC3CCC(Cc4ccc(Cl)cc4)(N(C)C)CC3)CC2)cc1. The number of likely N-dealkylation sites (N-methyl/N-ethyl adjacent to an activating group) is 1. The van der Waals surface area contributed by atoms with Crippen LogP contribution in [0.1, 0.15) is 51.0 Å². The average molecular weight is 555 g/mol. The zero-order valence-corrected chi connectivity index (χ0v) is 24.4. The monoisotopic (exact) mass is 554 g/mol. The largest absolute Gasteiger partial charge is 0.494 e. The molecule has 1 saturated heterocycles. The molecule has 2 aromatic rings. The van der Waals surface area contributed by atoms with Crippen LogP contribution in [0, 0.1) is 0 Å². The van der Waals surface area contributed by atoms with Gasteiger partial charge in [-0.05, 0) is 95.1 Å². The maximum Gasteiger partial charge on any atom is 0.223 e. The molecular weight excluding hydrogens is 512 g/mol. The smallest absolute Gasteiger partial charge is 0.223 e. The number of piperazine rings is 1. The molecular formula is C31H43ClN4O3. The lowest BCUT2D eigenvalue weighted by Crippen LogP contribution is -2.52. The summed E-state index contributed by atoms with van der Waals surface area (Å²) >= 11 is 6.07. The molecule has 1 heterocycles. The van der Waals surface area contributed by atoms with Crippen molar-refractivity contribution in [3.05, 3.63) is 59.1 Å². The Morgan fingerprint density at radius 2 is 1.62 bits per heavy atom. The molecule has 1 aliphatic heterocycles. The first kappa shape index (κ1) is 29.2. The van der Waals surface area contributed by atoms with E-state index in [4.69, 9.17) is 16.3 Å². The van der Waals surface area contributed by atoms with Crippen molar-refractivity contribution in [2.24, 2.45) is 0 Å². The first-order valence-corrected chi connectivity index (χ1v) is 14.6. The number of hydrogen-bond donors (Lipinski definition) is 1. The van der Waals surface area contributed by atoms with E-state index in [1.807, 2.05) is 36.1 Å². The fraction of sp³-hybridized carbons (Fsp3) is 0.548. The summed E-state index contributed by atoms with van der Waals surface area (Å²) in [6, 6.07) is 16.4. The molecule has 2 fully saturated rings. The number of ether oxygens (including phenoxy) is 1. The zero-order chi connectivity index (χ0) is 27.8. The van der Waals surface area contributed by atoms with Crippen molar-refractivity contribution in [2.45, 2.75) is 63.5 Å². The van der Waals surface area contributed by atoms with Gasteiger partial charge in [-0.3, -0.25) is 9.59 Å². The van der Waals surface area contributed by atoms with Crippen LogP contribution in [-0.2, 0) is 16.0 Å². The van der Waals surface area contributed by atoms with Gasteiger partial charge in [-0.15, -0.1) is 0 Å². The molecule has 1 aliphatic carbocycles. The molecule has 0 unspecified atom stereocenters. The fourth-order valence-corrected chi connectivity index (χ4v) is 6.00. The third-order valence-corrected chi connectivity index (χ3v) is 8.64. The van der Waals surface area contributed by atoms with Crippen LogP contribution in [-0.4, -0.2) is 80.1 Å². The Morgan fingerprint density at radius 3 is 2.21 bits per heavy atom. The molecule has 0 radical (unpaired) electrons. The van der Waals surface area contributed by atoms with Crippen LogP contribution >= 0.6 is 11.6 Å². The van der Waals surface area contributed by atoms with E-state index in [2.05, 4.69) is 53.5 Å². The molecule has 8 heteroatoms. The van der Waals surface area contributed by atoms with E-state index < -0.39 is 0 Å². The molecule has 212 valence electrons. The summed E-state index contributed by atoms with van der Waals surface area (Å²) in [6.07, 6.45) is 5.41. The van der Waals surface area contributed by atoms with Gasteiger partial charge >= 0.3 is 0 Å². The standard InChI is InChI=1S/C31H43ClN4O3/c1-4-39-28-11-9-27(10-12-28)35-19-21-36(22-20-35)30(38)14-13-29(37)33-26-15-17-31(18-16-26,34(2)3)23-24-5-7-25(32)8-6-24/h5-12,26H,4,13-23H2,1-3H3,(H,33,37). The Labute approximate surface area is 238 Å². The van der Waals surface area contributed by atoms with Crippen LogP contribution in [0.2, 0.25) is 5.02 Å². The molecule has 0 atom stereocenters. The van der Waals surface area contributed by atoms with Crippen LogP contribution in [0.5, 0.6) is 5.75 Å². The molecule has 2 aliphatic rings. The maximum atomic E-state index is 12.8. The normalized spacial score (nSPS) is 21.6. The highest BCUT2D eigenvalue weighted by molar-refractivity contribution is 6.30. The summed E-state index contributed by atoms with van der Waals surface area (Å²) in [5, 5.41) is 3.96. The van der Waals surface area contributed by atoms with E-state index in [1.165, 1.54) is 5.56 Å². The molecule has 4 rings (SSSR count). The summed E-state index contributed by atoms with van der Waals surface area (Å²) < 4.78 is 5.52. The number of halogens is 1. The summed E-state index contributed by atoms with van der Waals surface area (Å²) in [5.74, 6) is 0.919. The van der Waals surface area contributed by atoms with Gasteiger partial charge in [-0.25, -0.2) is 0 Å². The Morgan fingerprint density at radius 1 is 0.974 bits per heavy atom. The number of nitrogens with zero attached hydrogens (tertiary/aromatic N) is 3. The first-order chi connectivity index (χ1) is 18.8. The minimum atomic E-state index is -0.0172. The Balaban J connectivity index is 1.17. The molecule has 0 bridgehead atoms. The topological polar surface area (TPSA) is 65.1 Å². The second-order valence-electron chi connectivity index (χ2n) is 11.1. The van der Waals surface area contributed by atoms with E-state index >= 15 is 0 Å². The van der Waals surface area contributed by atoms with Crippen LogP contribution in [0.4, 0.5) is 5.69 Å². The van der Waals surface area contributed by atoms with Gasteiger partial charge in [0.15, 0.2) is 0 Å². The molecule has 1 N–H and O–H groups in total. The third-order valence-electron chi connectivity index (χ3n) is 8.39. The van der Waals surface area contributed by atoms with Gasteiger partial charge in [0.05, 0.1) is 6.61 Å². The third kappa shape index (κ3) is 7.89. The number of rotatable bonds is 10.